The summed E-state index contributed by atoms with van der Waals surface area (Å²) in [6.45, 7) is 9.13. The van der Waals surface area contributed by atoms with Crippen LogP contribution in [-0.2, 0) is 6.42 Å². The molecule has 2 nitrogen and oxygen atoms in total. The van der Waals surface area contributed by atoms with Crippen LogP contribution in [0.1, 0.15) is 38.7 Å². The first kappa shape index (κ1) is 16.8. The Morgan fingerprint density at radius 1 is 1.00 bits per heavy atom. The quantitative estimate of drug-likeness (QED) is 0.834. The van der Waals surface area contributed by atoms with E-state index in [-0.39, 0.29) is 0 Å². The molecule has 2 heterocycles. The Bertz CT molecular complexity index is 504. The van der Waals surface area contributed by atoms with Gasteiger partial charge in [-0.25, -0.2) is 8.78 Å². The lowest BCUT2D eigenvalue weighted by molar-refractivity contribution is 0.105. The lowest BCUT2D eigenvalue weighted by Crippen LogP contribution is -2.46. The Labute approximate surface area is 138 Å². The molecule has 1 aromatic carbocycles. The van der Waals surface area contributed by atoms with Gasteiger partial charge in [-0.1, -0.05) is 0 Å². The Kier molecular flexibility index (Phi) is 5.32. The molecule has 0 amide bonds. The molecule has 3 rings (SSSR count). The third-order valence-electron chi connectivity index (χ3n) is 5.51. The molecule has 4 heteroatoms. The van der Waals surface area contributed by atoms with Crippen LogP contribution in [0.5, 0.6) is 0 Å². The number of hydrogen-bond donors (Lipinski definition) is 0. The van der Waals surface area contributed by atoms with Gasteiger partial charge in [-0.2, -0.15) is 0 Å². The minimum atomic E-state index is -0.462. The second-order valence-electron chi connectivity index (χ2n) is 7.49. The summed E-state index contributed by atoms with van der Waals surface area (Å²) in [7, 11) is 0. The number of benzene rings is 1. The molecule has 2 saturated heterocycles. The Balaban J connectivity index is 1.51. The molecule has 128 valence electrons. The average Bonchev–Trinajstić information content (AvgIpc) is 2.94. The highest BCUT2D eigenvalue weighted by molar-refractivity contribution is 5.18. The Morgan fingerprint density at radius 2 is 1.65 bits per heavy atom. The maximum absolute atomic E-state index is 13.3. The molecule has 23 heavy (non-hydrogen) atoms. The first-order chi connectivity index (χ1) is 11.0. The van der Waals surface area contributed by atoms with Crippen molar-refractivity contribution in [2.75, 3.05) is 26.2 Å². The van der Waals surface area contributed by atoms with Crippen molar-refractivity contribution in [3.05, 3.63) is 35.4 Å². The van der Waals surface area contributed by atoms with E-state index in [4.69, 9.17) is 0 Å². The van der Waals surface area contributed by atoms with Gasteiger partial charge >= 0.3 is 0 Å². The van der Waals surface area contributed by atoms with Gasteiger partial charge < -0.3 is 4.90 Å². The van der Waals surface area contributed by atoms with Gasteiger partial charge in [0.2, 0.25) is 0 Å². The summed E-state index contributed by atoms with van der Waals surface area (Å²) in [6.07, 6.45) is 4.43. The molecule has 0 bridgehead atoms. The van der Waals surface area contributed by atoms with Crippen LogP contribution >= 0.6 is 0 Å². The fraction of sp³-hybridized carbons (Fsp3) is 0.684. The lowest BCUT2D eigenvalue weighted by Gasteiger charge is -2.38. The Morgan fingerprint density at radius 3 is 2.26 bits per heavy atom. The fourth-order valence-electron chi connectivity index (χ4n) is 4.19. The van der Waals surface area contributed by atoms with Crippen molar-refractivity contribution in [3.63, 3.8) is 0 Å². The van der Waals surface area contributed by atoms with Gasteiger partial charge in [0.25, 0.3) is 0 Å². The van der Waals surface area contributed by atoms with Gasteiger partial charge in [-0.3, -0.25) is 4.90 Å². The first-order valence-corrected chi connectivity index (χ1v) is 8.94. The summed E-state index contributed by atoms with van der Waals surface area (Å²) < 4.78 is 26.6. The smallest absolute Gasteiger partial charge is 0.126 e. The molecule has 0 aliphatic carbocycles. The molecule has 1 atom stereocenters. The molecule has 0 N–H and O–H groups in total. The largest absolute Gasteiger partial charge is 0.301 e. The minimum absolute atomic E-state index is 0.462. The number of nitrogens with zero attached hydrogens (tertiary/aromatic N) is 2. The fourth-order valence-corrected chi connectivity index (χ4v) is 4.19. The summed E-state index contributed by atoms with van der Waals surface area (Å²) >= 11 is 0. The maximum Gasteiger partial charge on any atom is 0.126 e. The van der Waals surface area contributed by atoms with Gasteiger partial charge in [0.05, 0.1) is 0 Å². The molecule has 0 spiro atoms. The van der Waals surface area contributed by atoms with E-state index in [2.05, 4.69) is 23.6 Å². The predicted molar refractivity (Wildman–Crippen MR) is 89.5 cm³/mol. The van der Waals surface area contributed by atoms with Gasteiger partial charge in [-0.05, 0) is 82.8 Å². The van der Waals surface area contributed by atoms with Crippen LogP contribution in [0.4, 0.5) is 8.78 Å². The van der Waals surface area contributed by atoms with Crippen molar-refractivity contribution < 1.29 is 8.78 Å². The van der Waals surface area contributed by atoms with E-state index in [1.807, 2.05) is 0 Å². The van der Waals surface area contributed by atoms with E-state index >= 15 is 0 Å². The summed E-state index contributed by atoms with van der Waals surface area (Å²) in [5.74, 6) is -0.397. The SMILES string of the molecule is CC(C)N1CCC(N2CCC(Cc3cc(F)cc(F)c3)C2)CC1. The standard InChI is InChI=1S/C19H28F2N2/c1-14(2)22-7-4-19(5-8-22)23-6-3-15(13-23)9-16-10-17(20)12-18(21)11-16/h10-12,14-15,19H,3-9,13H2,1-2H3. The topological polar surface area (TPSA) is 6.48 Å². The highest BCUT2D eigenvalue weighted by Gasteiger charge is 2.31. The van der Waals surface area contributed by atoms with Crippen LogP contribution < -0.4 is 0 Å². The van der Waals surface area contributed by atoms with Crippen molar-refractivity contribution in [1.82, 2.24) is 9.80 Å². The molecule has 2 aliphatic rings. The average molecular weight is 322 g/mol. The normalized spacial score (nSPS) is 24.7. The number of halogens is 2. The number of likely N-dealkylation sites (tertiary alicyclic amines) is 2. The number of rotatable bonds is 4. The minimum Gasteiger partial charge on any atom is -0.301 e. The first-order valence-electron chi connectivity index (χ1n) is 8.94. The molecule has 2 aliphatic heterocycles. The summed E-state index contributed by atoms with van der Waals surface area (Å²) in [5.41, 5.74) is 0.795. The van der Waals surface area contributed by atoms with Crippen molar-refractivity contribution in [2.45, 2.75) is 51.6 Å². The molecule has 1 unspecified atom stereocenters. The third-order valence-corrected chi connectivity index (χ3v) is 5.51. The second kappa shape index (κ2) is 7.27. The van der Waals surface area contributed by atoms with Gasteiger partial charge in [0.15, 0.2) is 0 Å². The zero-order valence-electron chi connectivity index (χ0n) is 14.3. The monoisotopic (exact) mass is 322 g/mol. The number of piperidine rings is 1. The van der Waals surface area contributed by atoms with Crippen LogP contribution in [0.15, 0.2) is 18.2 Å². The van der Waals surface area contributed by atoms with Crippen LogP contribution in [-0.4, -0.2) is 48.1 Å². The molecular formula is C19H28F2N2. The summed E-state index contributed by atoms with van der Waals surface area (Å²) in [4.78, 5) is 5.16. The Hall–Kier alpha value is -1.00. The maximum atomic E-state index is 13.3. The molecule has 0 saturated carbocycles. The van der Waals surface area contributed by atoms with Crippen LogP contribution in [0, 0.1) is 17.6 Å². The van der Waals surface area contributed by atoms with E-state index in [0.29, 0.717) is 18.0 Å². The van der Waals surface area contributed by atoms with E-state index in [0.717, 1.165) is 37.6 Å². The van der Waals surface area contributed by atoms with Gasteiger partial charge in [0.1, 0.15) is 11.6 Å². The highest BCUT2D eigenvalue weighted by Crippen LogP contribution is 2.27. The van der Waals surface area contributed by atoms with Gasteiger partial charge in [-0.15, -0.1) is 0 Å². The van der Waals surface area contributed by atoms with Crippen molar-refractivity contribution in [2.24, 2.45) is 5.92 Å². The summed E-state index contributed by atoms with van der Waals surface area (Å²) in [6, 6.07) is 5.25. The van der Waals surface area contributed by atoms with Crippen molar-refractivity contribution in [1.29, 1.82) is 0 Å². The summed E-state index contributed by atoms with van der Waals surface area (Å²) in [5, 5.41) is 0. The van der Waals surface area contributed by atoms with E-state index < -0.39 is 11.6 Å². The molecule has 2 fully saturated rings. The van der Waals surface area contributed by atoms with Crippen LogP contribution in [0.2, 0.25) is 0 Å². The van der Waals surface area contributed by atoms with Crippen LogP contribution in [0.25, 0.3) is 0 Å². The van der Waals surface area contributed by atoms with E-state index in [1.165, 1.54) is 38.1 Å². The van der Waals surface area contributed by atoms with Crippen molar-refractivity contribution >= 4 is 0 Å². The predicted octanol–water partition coefficient (Wildman–Crippen LogP) is 3.70. The zero-order chi connectivity index (χ0) is 16.4. The zero-order valence-corrected chi connectivity index (χ0v) is 14.3. The lowest BCUT2D eigenvalue weighted by atomic mass is 9.98. The second-order valence-corrected chi connectivity index (χ2v) is 7.49. The molecular weight excluding hydrogens is 294 g/mol. The number of hydrogen-bond acceptors (Lipinski definition) is 2. The van der Waals surface area contributed by atoms with Gasteiger partial charge in [0, 0.05) is 24.7 Å². The van der Waals surface area contributed by atoms with Crippen LogP contribution in [0.3, 0.4) is 0 Å². The van der Waals surface area contributed by atoms with Crippen molar-refractivity contribution in [3.8, 4) is 0 Å². The molecule has 1 aromatic rings. The molecule has 0 radical (unpaired) electrons. The van der Waals surface area contributed by atoms with E-state index in [1.54, 1.807) is 0 Å². The van der Waals surface area contributed by atoms with E-state index in [9.17, 15) is 8.78 Å². The highest BCUT2D eigenvalue weighted by atomic mass is 19.1. The molecule has 0 aromatic heterocycles. The third kappa shape index (κ3) is 4.30.